The number of carbonyl (C=O) groups excluding carboxylic acids is 1. The number of pyridine rings is 1. The number of nitrogens with one attached hydrogen (secondary N) is 2. The number of sulfonamides is 1. The second kappa shape index (κ2) is 17.7. The van der Waals surface area contributed by atoms with Gasteiger partial charge in [-0.15, -0.1) is 0 Å². The van der Waals surface area contributed by atoms with Crippen molar-refractivity contribution in [2.24, 2.45) is 5.41 Å². The molecular formula is C49H46ClN7O7S. The van der Waals surface area contributed by atoms with Crippen molar-refractivity contribution in [1.82, 2.24) is 19.6 Å². The lowest BCUT2D eigenvalue weighted by Gasteiger charge is -2.39. The summed E-state index contributed by atoms with van der Waals surface area (Å²) in [6.07, 6.45) is 6.63. The third kappa shape index (κ3) is 9.42. The van der Waals surface area contributed by atoms with Crippen molar-refractivity contribution in [3.05, 3.63) is 152 Å². The zero-order chi connectivity index (χ0) is 45.5. The van der Waals surface area contributed by atoms with Gasteiger partial charge in [-0.25, -0.2) is 18.1 Å². The van der Waals surface area contributed by atoms with Crippen LogP contribution in [0.2, 0.25) is 5.02 Å². The molecule has 0 unspecified atom stereocenters. The molecule has 0 radical (unpaired) electrons. The van der Waals surface area contributed by atoms with E-state index in [1.54, 1.807) is 48.7 Å². The SMILES string of the molecule is CC1(C)CCC(CN2CCN(c3ccc(C(=O)NS(=O)(=O)c4cc5c(c([N+](=O)[O-])c4)C[C@@H](c4ccc(C#N)cc4)CO5)c(Oc4cnc5[nH]ccc5c4)c3)CC2)=C(c2ccc(Cl)cc2)C1. The van der Waals surface area contributed by atoms with E-state index in [2.05, 4.69) is 56.5 Å². The fourth-order valence-electron chi connectivity index (χ4n) is 9.01. The molecule has 9 rings (SSSR count). The van der Waals surface area contributed by atoms with Crippen LogP contribution in [0.15, 0.2) is 114 Å². The molecule has 1 fully saturated rings. The Labute approximate surface area is 381 Å². The molecule has 1 atom stereocenters. The van der Waals surface area contributed by atoms with Gasteiger partial charge < -0.3 is 19.4 Å². The van der Waals surface area contributed by atoms with E-state index >= 15 is 0 Å². The predicted molar refractivity (Wildman–Crippen MR) is 248 cm³/mol. The number of hydrogen-bond donors (Lipinski definition) is 2. The van der Waals surface area contributed by atoms with Gasteiger partial charge >= 0.3 is 0 Å². The minimum atomic E-state index is -4.67. The maximum Gasteiger partial charge on any atom is 0.277 e. The third-order valence-electron chi connectivity index (χ3n) is 12.6. The van der Waals surface area contributed by atoms with Crippen molar-refractivity contribution in [2.75, 3.05) is 44.2 Å². The molecule has 4 heterocycles. The predicted octanol–water partition coefficient (Wildman–Crippen LogP) is 9.41. The number of halogens is 1. The van der Waals surface area contributed by atoms with Crippen molar-refractivity contribution in [1.29, 1.82) is 5.26 Å². The smallest absolute Gasteiger partial charge is 0.277 e. The monoisotopic (exact) mass is 911 g/mol. The fourth-order valence-corrected chi connectivity index (χ4v) is 10.1. The number of aromatic nitrogens is 2. The van der Waals surface area contributed by atoms with Crippen molar-refractivity contribution in [2.45, 2.75) is 50.3 Å². The number of H-pyrrole nitrogens is 1. The number of nitrogens with zero attached hydrogens (tertiary/aromatic N) is 5. The number of nitro benzene ring substituents is 1. The van der Waals surface area contributed by atoms with Crippen LogP contribution >= 0.6 is 11.6 Å². The Bertz CT molecular complexity index is 3010. The Kier molecular flexibility index (Phi) is 11.8. The van der Waals surface area contributed by atoms with Crippen LogP contribution in [0, 0.1) is 26.9 Å². The highest BCUT2D eigenvalue weighted by Crippen LogP contribution is 2.44. The first-order valence-corrected chi connectivity index (χ1v) is 23.3. The zero-order valence-corrected chi connectivity index (χ0v) is 37.4. The number of rotatable bonds is 11. The van der Waals surface area contributed by atoms with Crippen molar-refractivity contribution >= 4 is 55.5 Å². The lowest BCUT2D eigenvalue weighted by atomic mass is 9.72. The first-order valence-electron chi connectivity index (χ1n) is 21.4. The first-order chi connectivity index (χ1) is 31.2. The number of carbonyl (C=O) groups is 1. The van der Waals surface area contributed by atoms with E-state index < -0.39 is 31.4 Å². The number of ether oxygens (including phenoxy) is 2. The van der Waals surface area contributed by atoms with E-state index in [0.29, 0.717) is 30.0 Å². The summed E-state index contributed by atoms with van der Waals surface area (Å²) in [5, 5.41) is 23.1. The van der Waals surface area contributed by atoms with Crippen LogP contribution in [0.3, 0.4) is 0 Å². The second-order valence-electron chi connectivity index (χ2n) is 17.6. The molecule has 65 heavy (non-hydrogen) atoms. The van der Waals surface area contributed by atoms with Crippen LogP contribution < -0.4 is 19.1 Å². The van der Waals surface area contributed by atoms with Crippen molar-refractivity contribution in [3.8, 4) is 23.3 Å². The van der Waals surface area contributed by atoms with Crippen LogP contribution in [0.5, 0.6) is 17.2 Å². The van der Waals surface area contributed by atoms with Gasteiger partial charge in [0, 0.05) is 79.1 Å². The van der Waals surface area contributed by atoms with Gasteiger partial charge in [0.2, 0.25) is 0 Å². The number of allylic oxidation sites excluding steroid dienone is 1. The van der Waals surface area contributed by atoms with Crippen LogP contribution in [-0.2, 0) is 16.4 Å². The van der Waals surface area contributed by atoms with Gasteiger partial charge in [-0.3, -0.25) is 19.8 Å². The molecule has 2 aromatic heterocycles. The molecule has 1 aliphatic carbocycles. The number of piperazine rings is 1. The van der Waals surface area contributed by atoms with Gasteiger partial charge in [-0.1, -0.05) is 55.3 Å². The summed E-state index contributed by atoms with van der Waals surface area (Å²) in [5.41, 5.74) is 6.75. The lowest BCUT2D eigenvalue weighted by molar-refractivity contribution is -0.386. The maximum atomic E-state index is 14.1. The Morgan fingerprint density at radius 3 is 2.55 bits per heavy atom. The van der Waals surface area contributed by atoms with Crippen molar-refractivity contribution in [3.63, 3.8) is 0 Å². The average Bonchev–Trinajstić information content (AvgIpc) is 3.77. The molecule has 3 aliphatic rings. The number of hydrogen-bond acceptors (Lipinski definition) is 11. The molecule has 16 heteroatoms. The summed E-state index contributed by atoms with van der Waals surface area (Å²) in [5.74, 6) is -0.784. The molecule has 1 saturated heterocycles. The number of anilines is 1. The fraction of sp³-hybridized carbons (Fsp3) is 0.286. The van der Waals surface area contributed by atoms with E-state index in [4.69, 9.17) is 21.1 Å². The lowest BCUT2D eigenvalue weighted by Crippen LogP contribution is -2.47. The molecule has 2 aliphatic heterocycles. The van der Waals surface area contributed by atoms with Crippen LogP contribution in [0.25, 0.3) is 16.6 Å². The van der Waals surface area contributed by atoms with Gasteiger partial charge in [0.05, 0.1) is 45.4 Å². The number of nitro groups is 1. The molecule has 14 nitrogen and oxygen atoms in total. The largest absolute Gasteiger partial charge is 0.492 e. The Morgan fingerprint density at radius 1 is 1.05 bits per heavy atom. The molecule has 332 valence electrons. The number of aromatic amines is 1. The number of benzene rings is 4. The number of nitriles is 1. The van der Waals surface area contributed by atoms with E-state index in [0.717, 1.165) is 66.6 Å². The molecule has 1 amide bonds. The van der Waals surface area contributed by atoms with E-state index in [-0.39, 0.29) is 47.0 Å². The summed E-state index contributed by atoms with van der Waals surface area (Å²) in [6.45, 7) is 8.67. The Balaban J connectivity index is 0.951. The van der Waals surface area contributed by atoms with E-state index in [1.807, 2.05) is 18.2 Å². The van der Waals surface area contributed by atoms with Gasteiger partial charge in [-0.05, 0) is 96.3 Å². The third-order valence-corrected chi connectivity index (χ3v) is 14.2. The van der Waals surface area contributed by atoms with Crippen LogP contribution in [0.1, 0.15) is 71.6 Å². The van der Waals surface area contributed by atoms with Gasteiger partial charge in [0.15, 0.2) is 0 Å². The summed E-state index contributed by atoms with van der Waals surface area (Å²) < 4.78 is 42.3. The maximum absolute atomic E-state index is 14.1. The van der Waals surface area contributed by atoms with Crippen LogP contribution in [0.4, 0.5) is 11.4 Å². The number of fused-ring (bicyclic) bond motifs is 2. The van der Waals surface area contributed by atoms with Crippen molar-refractivity contribution < 1.29 is 27.6 Å². The van der Waals surface area contributed by atoms with E-state index in [1.165, 1.54) is 35.0 Å². The summed E-state index contributed by atoms with van der Waals surface area (Å²) in [6, 6.07) is 27.9. The highest BCUT2D eigenvalue weighted by Gasteiger charge is 2.34. The summed E-state index contributed by atoms with van der Waals surface area (Å²) in [4.78, 5) is 37.4. The second-order valence-corrected chi connectivity index (χ2v) is 19.7. The molecule has 2 N–H and O–H groups in total. The molecular weight excluding hydrogens is 866 g/mol. The standard InChI is InChI=1S/C49H46ClN7O7S/c1-49(2)15-13-35(43(26-49)33-7-9-37(50)10-8-33)29-55-17-19-56(20-18-55)38-11-12-41(46(23-38)64-39-21-34-14-16-52-47(34)53-28-39)48(58)54-65(61,62)40-24-44(57(59)60)42-22-36(30-63-45(42)25-40)32-5-3-31(27-51)4-6-32/h3-12,14,16,21,23-25,28,36H,13,15,17-20,22,26,29-30H2,1-2H3,(H,52,53)(H,54,58)/t36-/m1/s1. The molecule has 4 aromatic carbocycles. The molecule has 0 spiro atoms. The Morgan fingerprint density at radius 2 is 1.82 bits per heavy atom. The normalized spacial score (nSPS) is 17.5. The summed E-state index contributed by atoms with van der Waals surface area (Å²) >= 11 is 6.25. The van der Waals surface area contributed by atoms with Crippen LogP contribution in [-0.4, -0.2) is 73.4 Å². The minimum absolute atomic E-state index is 0.0412. The Hall–Kier alpha value is -6.73. The first kappa shape index (κ1) is 43.5. The quantitative estimate of drug-likeness (QED) is 0.0933. The highest BCUT2D eigenvalue weighted by atomic mass is 35.5. The topological polar surface area (TPSA) is 184 Å². The molecule has 0 bridgehead atoms. The minimum Gasteiger partial charge on any atom is -0.492 e. The van der Waals surface area contributed by atoms with Gasteiger partial charge in [0.1, 0.15) is 22.9 Å². The average molecular weight is 912 g/mol. The van der Waals surface area contributed by atoms with Gasteiger partial charge in [0.25, 0.3) is 21.6 Å². The van der Waals surface area contributed by atoms with E-state index in [9.17, 15) is 28.6 Å². The number of amides is 1. The summed E-state index contributed by atoms with van der Waals surface area (Å²) in [7, 11) is -4.67. The molecule has 6 aromatic rings. The van der Waals surface area contributed by atoms with Gasteiger partial charge in [-0.2, -0.15) is 5.26 Å². The highest BCUT2D eigenvalue weighted by molar-refractivity contribution is 7.90. The molecule has 0 saturated carbocycles. The zero-order valence-electron chi connectivity index (χ0n) is 35.8.